The molecule has 0 bridgehead atoms. The minimum atomic E-state index is -4.66. The summed E-state index contributed by atoms with van der Waals surface area (Å²) in [7, 11) is -3.06. The van der Waals surface area contributed by atoms with Crippen molar-refractivity contribution in [2.45, 2.75) is 4.90 Å². The van der Waals surface area contributed by atoms with Crippen molar-refractivity contribution < 1.29 is 12.3 Å². The highest BCUT2D eigenvalue weighted by Gasteiger charge is 2.13. The lowest BCUT2D eigenvalue weighted by Crippen LogP contribution is -1.94. The average molecular weight is 215 g/mol. The van der Waals surface area contributed by atoms with Crippen molar-refractivity contribution in [1.29, 1.82) is 0 Å². The SMILES string of the molecule is Cn1nnc2ccc(S(=O)(=O)F)cc21. The van der Waals surface area contributed by atoms with Crippen LogP contribution in [0.1, 0.15) is 0 Å². The van der Waals surface area contributed by atoms with E-state index in [0.717, 1.165) is 6.07 Å². The number of hydrogen-bond donors (Lipinski definition) is 0. The van der Waals surface area contributed by atoms with Gasteiger partial charge in [0.15, 0.2) is 0 Å². The topological polar surface area (TPSA) is 64.8 Å². The quantitative estimate of drug-likeness (QED) is 0.654. The van der Waals surface area contributed by atoms with Crippen LogP contribution in [-0.2, 0) is 17.3 Å². The maximum atomic E-state index is 12.6. The van der Waals surface area contributed by atoms with Crippen LogP contribution >= 0.6 is 0 Å². The molecule has 1 aromatic heterocycles. The first kappa shape index (κ1) is 9.07. The van der Waals surface area contributed by atoms with E-state index in [1.807, 2.05) is 0 Å². The van der Waals surface area contributed by atoms with E-state index in [9.17, 15) is 12.3 Å². The van der Waals surface area contributed by atoms with Gasteiger partial charge in [-0.3, -0.25) is 0 Å². The van der Waals surface area contributed by atoms with E-state index in [2.05, 4.69) is 10.3 Å². The lowest BCUT2D eigenvalue weighted by atomic mass is 10.3. The largest absolute Gasteiger partial charge is 0.332 e. The summed E-state index contributed by atoms with van der Waals surface area (Å²) in [6.45, 7) is 0. The van der Waals surface area contributed by atoms with Gasteiger partial charge in [-0.2, -0.15) is 8.42 Å². The van der Waals surface area contributed by atoms with Gasteiger partial charge in [0, 0.05) is 7.05 Å². The number of nitrogens with zero attached hydrogens (tertiary/aromatic N) is 3. The highest BCUT2D eigenvalue weighted by atomic mass is 32.3. The van der Waals surface area contributed by atoms with Crippen LogP contribution < -0.4 is 0 Å². The molecule has 14 heavy (non-hydrogen) atoms. The maximum Gasteiger partial charge on any atom is 0.332 e. The van der Waals surface area contributed by atoms with Crippen LogP contribution in [0.3, 0.4) is 0 Å². The Kier molecular flexibility index (Phi) is 1.78. The van der Waals surface area contributed by atoms with Crippen LogP contribution in [0, 0.1) is 0 Å². The number of aromatic nitrogens is 3. The zero-order valence-corrected chi connectivity index (χ0v) is 7.99. The molecule has 5 nitrogen and oxygen atoms in total. The molecule has 0 spiro atoms. The van der Waals surface area contributed by atoms with Gasteiger partial charge in [-0.15, -0.1) is 8.98 Å². The van der Waals surface area contributed by atoms with E-state index in [-0.39, 0.29) is 4.90 Å². The van der Waals surface area contributed by atoms with E-state index in [1.165, 1.54) is 16.8 Å². The van der Waals surface area contributed by atoms with Gasteiger partial charge in [-0.05, 0) is 18.2 Å². The average Bonchev–Trinajstić information content (AvgIpc) is 2.46. The summed E-state index contributed by atoms with van der Waals surface area (Å²) in [5.41, 5.74) is 1.00. The standard InChI is InChI=1S/C7H6FN3O2S/c1-11-7-4-5(14(8,12)13)2-3-6(7)9-10-11/h2-4H,1H3. The van der Waals surface area contributed by atoms with Crippen LogP contribution in [0.25, 0.3) is 11.0 Å². The molecule has 0 saturated carbocycles. The smallest absolute Gasteiger partial charge is 0.248 e. The summed E-state index contributed by atoms with van der Waals surface area (Å²) >= 11 is 0. The fraction of sp³-hybridized carbons (Fsp3) is 0.143. The molecular weight excluding hydrogens is 209 g/mol. The van der Waals surface area contributed by atoms with Gasteiger partial charge in [0.1, 0.15) is 10.4 Å². The summed E-state index contributed by atoms with van der Waals surface area (Å²) in [6.07, 6.45) is 0. The molecular formula is C7H6FN3O2S. The molecule has 0 saturated heterocycles. The molecule has 2 rings (SSSR count). The minimum absolute atomic E-state index is 0.379. The van der Waals surface area contributed by atoms with E-state index in [4.69, 9.17) is 0 Å². The summed E-state index contributed by atoms with van der Waals surface area (Å²) < 4.78 is 35.2. The fourth-order valence-electron chi connectivity index (χ4n) is 1.16. The third-order valence-corrected chi connectivity index (χ3v) is 2.68. The van der Waals surface area contributed by atoms with Crippen LogP contribution in [0.5, 0.6) is 0 Å². The van der Waals surface area contributed by atoms with E-state index >= 15 is 0 Å². The van der Waals surface area contributed by atoms with Crippen molar-refractivity contribution in [3.05, 3.63) is 18.2 Å². The molecule has 1 aromatic carbocycles. The van der Waals surface area contributed by atoms with Crippen molar-refractivity contribution in [1.82, 2.24) is 15.0 Å². The van der Waals surface area contributed by atoms with Crippen molar-refractivity contribution in [2.24, 2.45) is 7.05 Å². The summed E-state index contributed by atoms with van der Waals surface area (Å²) in [5.74, 6) is 0. The zero-order valence-electron chi connectivity index (χ0n) is 7.18. The highest BCUT2D eigenvalue weighted by Crippen LogP contribution is 2.17. The van der Waals surface area contributed by atoms with Crippen LogP contribution in [0.15, 0.2) is 23.1 Å². The Morgan fingerprint density at radius 2 is 2.14 bits per heavy atom. The first-order valence-electron chi connectivity index (χ1n) is 3.72. The molecule has 0 radical (unpaired) electrons. The Labute approximate surface area is 79.4 Å². The summed E-state index contributed by atoms with van der Waals surface area (Å²) in [6, 6.07) is 3.77. The number of halogens is 1. The summed E-state index contributed by atoms with van der Waals surface area (Å²) in [5, 5.41) is 7.41. The summed E-state index contributed by atoms with van der Waals surface area (Å²) in [4.78, 5) is -0.379. The Hall–Kier alpha value is -1.50. The fourth-order valence-corrected chi connectivity index (χ4v) is 1.65. The Balaban J connectivity index is 2.79. The van der Waals surface area contributed by atoms with Crippen LogP contribution in [-0.4, -0.2) is 23.4 Å². The van der Waals surface area contributed by atoms with Crippen molar-refractivity contribution in [2.75, 3.05) is 0 Å². The number of aryl methyl sites for hydroxylation is 1. The van der Waals surface area contributed by atoms with Crippen LogP contribution in [0.4, 0.5) is 3.89 Å². The molecule has 0 amide bonds. The predicted octanol–water partition coefficient (Wildman–Crippen LogP) is 0.627. The molecule has 0 fully saturated rings. The molecule has 0 unspecified atom stereocenters. The Morgan fingerprint density at radius 1 is 1.43 bits per heavy atom. The molecule has 0 aliphatic carbocycles. The zero-order chi connectivity index (χ0) is 10.3. The van der Waals surface area contributed by atoms with Gasteiger partial charge in [0.05, 0.1) is 5.52 Å². The second-order valence-corrected chi connectivity index (χ2v) is 4.15. The monoisotopic (exact) mass is 215 g/mol. The maximum absolute atomic E-state index is 12.6. The number of fused-ring (bicyclic) bond motifs is 1. The number of rotatable bonds is 1. The van der Waals surface area contributed by atoms with Gasteiger partial charge in [0.2, 0.25) is 0 Å². The lowest BCUT2D eigenvalue weighted by Gasteiger charge is -1.95. The lowest BCUT2D eigenvalue weighted by molar-refractivity contribution is 0.552. The van der Waals surface area contributed by atoms with Crippen molar-refractivity contribution >= 4 is 21.3 Å². The normalized spacial score (nSPS) is 12.1. The van der Waals surface area contributed by atoms with Gasteiger partial charge in [0.25, 0.3) is 0 Å². The molecule has 1 heterocycles. The predicted molar refractivity (Wildman–Crippen MR) is 46.8 cm³/mol. The number of benzene rings is 1. The molecule has 0 atom stereocenters. The second kappa shape index (κ2) is 2.74. The Bertz CT molecular complexity index is 590. The Morgan fingerprint density at radius 3 is 2.79 bits per heavy atom. The van der Waals surface area contributed by atoms with Gasteiger partial charge < -0.3 is 0 Å². The molecule has 2 aromatic rings. The minimum Gasteiger partial charge on any atom is -0.248 e. The van der Waals surface area contributed by atoms with E-state index in [1.54, 1.807) is 7.05 Å². The van der Waals surface area contributed by atoms with E-state index in [0.29, 0.717) is 11.0 Å². The third kappa shape index (κ3) is 1.35. The third-order valence-electron chi connectivity index (χ3n) is 1.86. The molecule has 0 N–H and O–H groups in total. The van der Waals surface area contributed by atoms with Gasteiger partial charge in [-0.25, -0.2) is 4.68 Å². The second-order valence-electron chi connectivity index (χ2n) is 2.80. The van der Waals surface area contributed by atoms with Gasteiger partial charge >= 0.3 is 10.2 Å². The van der Waals surface area contributed by atoms with Crippen LogP contribution in [0.2, 0.25) is 0 Å². The molecule has 74 valence electrons. The first-order valence-corrected chi connectivity index (χ1v) is 5.11. The first-order chi connectivity index (χ1) is 6.48. The molecule has 0 aliphatic rings. The molecule has 7 heteroatoms. The number of hydrogen-bond acceptors (Lipinski definition) is 4. The highest BCUT2D eigenvalue weighted by molar-refractivity contribution is 7.86. The van der Waals surface area contributed by atoms with Crippen molar-refractivity contribution in [3.8, 4) is 0 Å². The molecule has 0 aliphatic heterocycles. The van der Waals surface area contributed by atoms with Crippen molar-refractivity contribution in [3.63, 3.8) is 0 Å². The van der Waals surface area contributed by atoms with Gasteiger partial charge in [-0.1, -0.05) is 5.21 Å². The van der Waals surface area contributed by atoms with E-state index < -0.39 is 10.2 Å².